The van der Waals surface area contributed by atoms with Crippen LogP contribution in [0, 0.1) is 13.8 Å². The van der Waals surface area contributed by atoms with Crippen molar-refractivity contribution in [1.29, 1.82) is 0 Å². The van der Waals surface area contributed by atoms with Gasteiger partial charge in [-0.2, -0.15) is 8.42 Å². The summed E-state index contributed by atoms with van der Waals surface area (Å²) in [5.74, 6) is 1.53. The van der Waals surface area contributed by atoms with E-state index in [1.165, 1.54) is 6.07 Å². The van der Waals surface area contributed by atoms with E-state index in [0.29, 0.717) is 30.3 Å². The van der Waals surface area contributed by atoms with Crippen molar-refractivity contribution in [1.82, 2.24) is 0 Å². The van der Waals surface area contributed by atoms with Gasteiger partial charge in [-0.15, -0.1) is 0 Å². The third kappa shape index (κ3) is 4.61. The van der Waals surface area contributed by atoms with Crippen LogP contribution in [0.15, 0.2) is 41.3 Å². The molecule has 7 heteroatoms. The van der Waals surface area contributed by atoms with E-state index in [0.717, 1.165) is 5.56 Å². The monoisotopic (exact) mass is 338 g/mol. The molecule has 1 heterocycles. The Kier molecular flexibility index (Phi) is 5.12. The molecule has 6 nitrogen and oxygen atoms in total. The number of fused-ring (bicyclic) bond motifs is 1. The molecule has 0 saturated carbocycles. The van der Waals surface area contributed by atoms with Crippen molar-refractivity contribution in [3.05, 3.63) is 47.5 Å². The summed E-state index contributed by atoms with van der Waals surface area (Å²) in [4.78, 5) is -0.0203. The fourth-order valence-corrected chi connectivity index (χ4v) is 2.83. The normalized spacial score (nSPS) is 13.0. The Labute approximate surface area is 135 Å². The molecule has 0 aromatic heterocycles. The zero-order valence-electron chi connectivity index (χ0n) is 12.8. The second kappa shape index (κ2) is 6.89. The minimum absolute atomic E-state index is 0.0203. The lowest BCUT2D eigenvalue weighted by Crippen LogP contribution is -2.14. The first-order valence-electron chi connectivity index (χ1n) is 6.91. The van der Waals surface area contributed by atoms with Gasteiger partial charge in [-0.05, 0) is 37.6 Å². The average Bonchev–Trinajstić information content (AvgIpc) is 2.46. The molecule has 23 heavy (non-hydrogen) atoms. The molecule has 2 aromatic rings. The predicted octanol–water partition coefficient (Wildman–Crippen LogP) is 2.71. The lowest BCUT2D eigenvalue weighted by Gasteiger charge is -2.17. The first kappa shape index (κ1) is 17.1. The highest BCUT2D eigenvalue weighted by molar-refractivity contribution is 7.85. The van der Waals surface area contributed by atoms with Gasteiger partial charge in [-0.3, -0.25) is 4.55 Å². The molecule has 0 aliphatic carbocycles. The van der Waals surface area contributed by atoms with E-state index < -0.39 is 10.1 Å². The zero-order valence-corrected chi connectivity index (χ0v) is 13.6. The van der Waals surface area contributed by atoms with Crippen LogP contribution >= 0.6 is 0 Å². The molecule has 0 fully saturated rings. The number of hydrogen-bond donors (Lipinski definition) is 2. The van der Waals surface area contributed by atoms with Gasteiger partial charge in [-0.25, -0.2) is 0 Å². The van der Waals surface area contributed by atoms with E-state index in [9.17, 15) is 8.42 Å². The minimum atomic E-state index is -4.05. The maximum Gasteiger partial charge on any atom is 0.294 e. The third-order valence-corrected chi connectivity index (χ3v) is 4.15. The quantitative estimate of drug-likeness (QED) is 0.777. The van der Waals surface area contributed by atoms with Gasteiger partial charge in [0, 0.05) is 6.07 Å². The predicted molar refractivity (Wildman–Crippen MR) is 84.8 cm³/mol. The molecule has 0 amide bonds. The Morgan fingerprint density at radius 1 is 0.957 bits per heavy atom. The first-order chi connectivity index (χ1) is 10.8. The highest BCUT2D eigenvalue weighted by Crippen LogP contribution is 2.32. The number of aromatic hydroxyl groups is 1. The van der Waals surface area contributed by atoms with E-state index >= 15 is 0 Å². The molecule has 0 bridgehead atoms. The van der Waals surface area contributed by atoms with Crippen molar-refractivity contribution >= 4 is 10.1 Å². The van der Waals surface area contributed by atoms with Crippen molar-refractivity contribution < 1.29 is 27.6 Å². The molecule has 124 valence electrons. The molecule has 2 N–H and O–H groups in total. The number of ether oxygens (including phenoxy) is 2. The number of hydrogen-bond acceptors (Lipinski definition) is 5. The first-order valence-corrected chi connectivity index (χ1v) is 8.35. The molecule has 0 saturated heterocycles. The summed E-state index contributed by atoms with van der Waals surface area (Å²) in [7, 11) is -4.05. The standard InChI is InChI=1S/C8H10O3S.C8H8O3/c1-6-3-4-8(7(2)5-6)12(9,10)11;9-6-1-2-7-8(5-6)11-4-3-10-7/h3-5H,1-2H3,(H,9,10,11);1-2,5,9H,3-4H2. The van der Waals surface area contributed by atoms with Crippen LogP contribution in [0.1, 0.15) is 11.1 Å². The highest BCUT2D eigenvalue weighted by Gasteiger charge is 2.12. The van der Waals surface area contributed by atoms with Gasteiger partial charge in [0.15, 0.2) is 11.5 Å². The number of aryl methyl sites for hydroxylation is 2. The van der Waals surface area contributed by atoms with E-state index in [1.807, 2.05) is 6.92 Å². The molecule has 0 spiro atoms. The fourth-order valence-electron chi connectivity index (χ4n) is 2.12. The molecular formula is C16H18O6S. The van der Waals surface area contributed by atoms with Gasteiger partial charge in [0.05, 0.1) is 4.90 Å². The van der Waals surface area contributed by atoms with Crippen LogP contribution in [0.3, 0.4) is 0 Å². The summed E-state index contributed by atoms with van der Waals surface area (Å²) in [6, 6.07) is 9.59. The number of benzene rings is 2. The Hall–Kier alpha value is -2.25. The van der Waals surface area contributed by atoms with Gasteiger partial charge in [0.1, 0.15) is 19.0 Å². The van der Waals surface area contributed by atoms with Crippen LogP contribution in [-0.4, -0.2) is 31.3 Å². The smallest absolute Gasteiger partial charge is 0.294 e. The van der Waals surface area contributed by atoms with Crippen LogP contribution in [-0.2, 0) is 10.1 Å². The lowest BCUT2D eigenvalue weighted by atomic mass is 10.2. The second-order valence-corrected chi connectivity index (χ2v) is 6.46. The van der Waals surface area contributed by atoms with Gasteiger partial charge in [0.2, 0.25) is 0 Å². The van der Waals surface area contributed by atoms with E-state index in [2.05, 4.69) is 0 Å². The van der Waals surface area contributed by atoms with Crippen LogP contribution in [0.4, 0.5) is 0 Å². The molecule has 2 aromatic carbocycles. The van der Waals surface area contributed by atoms with Gasteiger partial charge < -0.3 is 14.6 Å². The Morgan fingerprint density at radius 2 is 1.61 bits per heavy atom. The summed E-state index contributed by atoms with van der Waals surface area (Å²) < 4.78 is 40.6. The van der Waals surface area contributed by atoms with E-state index in [4.69, 9.17) is 19.1 Å². The highest BCUT2D eigenvalue weighted by atomic mass is 32.2. The number of rotatable bonds is 1. The fraction of sp³-hybridized carbons (Fsp3) is 0.250. The van der Waals surface area contributed by atoms with Gasteiger partial charge in [0.25, 0.3) is 10.1 Å². The average molecular weight is 338 g/mol. The SMILES string of the molecule is Cc1ccc(S(=O)(=O)O)c(C)c1.Oc1ccc2c(c1)OCCO2. The van der Waals surface area contributed by atoms with E-state index in [-0.39, 0.29) is 10.6 Å². The maximum atomic E-state index is 10.7. The van der Waals surface area contributed by atoms with Crippen molar-refractivity contribution in [2.24, 2.45) is 0 Å². The summed E-state index contributed by atoms with van der Waals surface area (Å²) in [6.07, 6.45) is 0. The zero-order chi connectivity index (χ0) is 17.0. The molecule has 0 atom stereocenters. The molecule has 1 aliphatic rings. The largest absolute Gasteiger partial charge is 0.508 e. The summed E-state index contributed by atoms with van der Waals surface area (Å²) in [6.45, 7) is 4.64. The minimum Gasteiger partial charge on any atom is -0.508 e. The van der Waals surface area contributed by atoms with Crippen LogP contribution < -0.4 is 9.47 Å². The maximum absolute atomic E-state index is 10.7. The number of phenolic OH excluding ortho intramolecular Hbond substituents is 1. The molecular weight excluding hydrogens is 320 g/mol. The topological polar surface area (TPSA) is 93.1 Å². The molecule has 3 rings (SSSR count). The van der Waals surface area contributed by atoms with Crippen LogP contribution in [0.5, 0.6) is 17.2 Å². The summed E-state index contributed by atoms with van der Waals surface area (Å²) >= 11 is 0. The molecule has 0 unspecified atom stereocenters. The summed E-state index contributed by atoms with van der Waals surface area (Å²) in [5.41, 5.74) is 1.54. The van der Waals surface area contributed by atoms with Crippen molar-refractivity contribution in [2.75, 3.05) is 13.2 Å². The van der Waals surface area contributed by atoms with Crippen molar-refractivity contribution in [3.8, 4) is 17.2 Å². The molecule has 0 radical (unpaired) electrons. The van der Waals surface area contributed by atoms with Crippen molar-refractivity contribution in [2.45, 2.75) is 18.7 Å². The molecule has 1 aliphatic heterocycles. The lowest BCUT2D eigenvalue weighted by molar-refractivity contribution is 0.171. The Bertz CT molecular complexity index is 798. The van der Waals surface area contributed by atoms with Crippen molar-refractivity contribution in [3.63, 3.8) is 0 Å². The van der Waals surface area contributed by atoms with Crippen LogP contribution in [0.2, 0.25) is 0 Å². The van der Waals surface area contributed by atoms with Crippen LogP contribution in [0.25, 0.3) is 0 Å². The Morgan fingerprint density at radius 3 is 2.22 bits per heavy atom. The third-order valence-electron chi connectivity index (χ3n) is 3.13. The second-order valence-electron chi connectivity index (χ2n) is 5.07. The Balaban J connectivity index is 0.000000167. The number of phenols is 1. The van der Waals surface area contributed by atoms with E-state index in [1.54, 1.807) is 37.3 Å². The van der Waals surface area contributed by atoms with Gasteiger partial charge >= 0.3 is 0 Å². The van der Waals surface area contributed by atoms with Gasteiger partial charge in [-0.1, -0.05) is 17.7 Å². The summed E-state index contributed by atoms with van der Waals surface area (Å²) in [5, 5.41) is 9.05.